The van der Waals surface area contributed by atoms with Gasteiger partial charge in [-0.1, -0.05) is 0 Å². The second kappa shape index (κ2) is 8.88. The number of aryl methyl sites for hydroxylation is 2. The summed E-state index contributed by atoms with van der Waals surface area (Å²) in [6, 6.07) is 7.47. The van der Waals surface area contributed by atoms with Crippen LogP contribution in [0.2, 0.25) is 0 Å². The number of carbonyl (C=O) groups is 1. The first-order chi connectivity index (χ1) is 15.0. The monoisotopic (exact) mass is 433 g/mol. The van der Waals surface area contributed by atoms with Crippen molar-refractivity contribution in [1.29, 1.82) is 0 Å². The van der Waals surface area contributed by atoms with Crippen LogP contribution in [0.25, 0.3) is 11.3 Å². The van der Waals surface area contributed by atoms with E-state index < -0.39 is 0 Å². The first kappa shape index (κ1) is 20.4. The van der Waals surface area contributed by atoms with Crippen molar-refractivity contribution in [1.82, 2.24) is 19.9 Å². The minimum atomic E-state index is -0.245. The number of nitrogens with one attached hydrogen (secondary N) is 1. The quantitative estimate of drug-likeness (QED) is 0.472. The molecule has 1 aromatic carbocycles. The van der Waals surface area contributed by atoms with Crippen molar-refractivity contribution < 1.29 is 14.3 Å². The fourth-order valence-electron chi connectivity index (χ4n) is 3.07. The summed E-state index contributed by atoms with van der Waals surface area (Å²) in [5, 5.41) is 5.26. The number of anilines is 1. The number of methoxy groups -OCH3 is 1. The zero-order valence-electron chi connectivity index (χ0n) is 17.1. The number of benzene rings is 1. The van der Waals surface area contributed by atoms with E-state index in [9.17, 15) is 4.79 Å². The molecule has 1 amide bonds. The molecule has 0 unspecified atom stereocenters. The average Bonchev–Trinajstić information content (AvgIpc) is 3.22. The predicted molar refractivity (Wildman–Crippen MR) is 118 cm³/mol. The molecule has 4 rings (SSSR count). The first-order valence-electron chi connectivity index (χ1n) is 9.36. The van der Waals surface area contributed by atoms with Crippen LogP contribution in [0, 0.1) is 13.8 Å². The molecule has 0 saturated carbocycles. The lowest BCUT2D eigenvalue weighted by atomic mass is 10.0. The van der Waals surface area contributed by atoms with E-state index in [1.54, 1.807) is 37.8 Å². The topological polar surface area (TPSA) is 99.1 Å². The van der Waals surface area contributed by atoms with Crippen molar-refractivity contribution in [2.45, 2.75) is 13.8 Å². The molecule has 0 aliphatic rings. The van der Waals surface area contributed by atoms with Gasteiger partial charge in [0.15, 0.2) is 10.9 Å². The van der Waals surface area contributed by atoms with Crippen LogP contribution in [0.15, 0.2) is 54.4 Å². The van der Waals surface area contributed by atoms with Crippen molar-refractivity contribution in [2.24, 2.45) is 0 Å². The summed E-state index contributed by atoms with van der Waals surface area (Å²) < 4.78 is 10.8. The van der Waals surface area contributed by atoms with Gasteiger partial charge in [-0.05, 0) is 49.2 Å². The van der Waals surface area contributed by atoms with Gasteiger partial charge in [0.25, 0.3) is 5.91 Å². The Morgan fingerprint density at radius 3 is 2.45 bits per heavy atom. The van der Waals surface area contributed by atoms with Gasteiger partial charge in [-0.15, -0.1) is 11.3 Å². The molecule has 1 N–H and O–H groups in total. The molecule has 0 radical (unpaired) electrons. The Morgan fingerprint density at radius 1 is 1.06 bits per heavy atom. The number of carbonyl (C=O) groups excluding carboxylic acids is 1. The molecular formula is C22H19N5O3S. The fourth-order valence-corrected chi connectivity index (χ4v) is 3.76. The van der Waals surface area contributed by atoms with E-state index in [1.165, 1.54) is 17.5 Å². The second-order valence-corrected chi connectivity index (χ2v) is 7.53. The highest BCUT2D eigenvalue weighted by Gasteiger charge is 2.15. The minimum absolute atomic E-state index is 0.237. The zero-order chi connectivity index (χ0) is 21.8. The van der Waals surface area contributed by atoms with Crippen LogP contribution >= 0.6 is 11.3 Å². The summed E-state index contributed by atoms with van der Waals surface area (Å²) in [6.07, 6.45) is 6.24. The third kappa shape index (κ3) is 4.67. The van der Waals surface area contributed by atoms with Crippen LogP contribution < -0.4 is 14.8 Å². The summed E-state index contributed by atoms with van der Waals surface area (Å²) in [5.74, 6) is 0.944. The maximum Gasteiger partial charge on any atom is 0.322 e. The number of amides is 1. The Morgan fingerprint density at radius 2 is 1.81 bits per heavy atom. The zero-order valence-corrected chi connectivity index (χ0v) is 17.9. The third-order valence-corrected chi connectivity index (χ3v) is 5.22. The molecule has 0 aliphatic carbocycles. The third-order valence-electron chi connectivity index (χ3n) is 4.46. The Labute approximate surface area is 183 Å². The molecule has 0 saturated heterocycles. The number of hydrogen-bond donors (Lipinski definition) is 1. The number of aromatic nitrogens is 4. The van der Waals surface area contributed by atoms with Crippen LogP contribution in [-0.4, -0.2) is 33.0 Å². The lowest BCUT2D eigenvalue weighted by Gasteiger charge is -2.11. The average molecular weight is 433 g/mol. The van der Waals surface area contributed by atoms with Crippen LogP contribution in [-0.2, 0) is 0 Å². The van der Waals surface area contributed by atoms with Crippen molar-refractivity contribution >= 4 is 22.4 Å². The smallest absolute Gasteiger partial charge is 0.322 e. The standard InChI is InChI=1S/C22H19N5O3S/c1-13-7-16(30-21-24-10-17(29-3)11-25-21)8-14(2)19(13)18-12-31-22(26-18)27-20(28)15-5-4-6-23-9-15/h4-12H,1-3H3,(H,26,27,28). The number of ether oxygens (including phenoxy) is 2. The van der Waals surface area contributed by atoms with E-state index >= 15 is 0 Å². The van der Waals surface area contributed by atoms with Crippen molar-refractivity contribution in [3.63, 3.8) is 0 Å². The maximum atomic E-state index is 12.3. The Balaban J connectivity index is 1.52. The molecule has 0 aliphatic heterocycles. The normalized spacial score (nSPS) is 10.5. The Bertz CT molecular complexity index is 1190. The second-order valence-electron chi connectivity index (χ2n) is 6.67. The molecular weight excluding hydrogens is 414 g/mol. The summed E-state index contributed by atoms with van der Waals surface area (Å²) >= 11 is 1.37. The van der Waals surface area contributed by atoms with E-state index in [-0.39, 0.29) is 11.9 Å². The molecule has 9 heteroatoms. The lowest BCUT2D eigenvalue weighted by molar-refractivity contribution is 0.102. The first-order valence-corrected chi connectivity index (χ1v) is 10.2. The largest absolute Gasteiger partial charge is 0.494 e. The van der Waals surface area contributed by atoms with Gasteiger partial charge < -0.3 is 9.47 Å². The van der Waals surface area contributed by atoms with E-state index in [2.05, 4.69) is 25.3 Å². The molecule has 0 atom stereocenters. The molecule has 4 aromatic rings. The molecule has 0 bridgehead atoms. The van der Waals surface area contributed by atoms with E-state index in [0.717, 1.165) is 22.4 Å². The van der Waals surface area contributed by atoms with Crippen LogP contribution in [0.1, 0.15) is 21.5 Å². The maximum absolute atomic E-state index is 12.3. The van der Waals surface area contributed by atoms with Gasteiger partial charge >= 0.3 is 6.01 Å². The molecule has 0 spiro atoms. The van der Waals surface area contributed by atoms with Gasteiger partial charge in [-0.2, -0.15) is 9.97 Å². The van der Waals surface area contributed by atoms with E-state index in [1.807, 2.05) is 31.4 Å². The van der Waals surface area contributed by atoms with Gasteiger partial charge in [0.05, 0.1) is 30.8 Å². The summed E-state index contributed by atoms with van der Waals surface area (Å²) in [4.78, 5) is 29.1. The molecule has 31 heavy (non-hydrogen) atoms. The summed E-state index contributed by atoms with van der Waals surface area (Å²) in [5.41, 5.74) is 4.22. The summed E-state index contributed by atoms with van der Waals surface area (Å²) in [7, 11) is 1.55. The lowest BCUT2D eigenvalue weighted by Crippen LogP contribution is -2.11. The highest BCUT2D eigenvalue weighted by atomic mass is 32.1. The van der Waals surface area contributed by atoms with Crippen molar-refractivity contribution in [3.05, 3.63) is 71.1 Å². The van der Waals surface area contributed by atoms with Crippen LogP contribution in [0.5, 0.6) is 17.5 Å². The number of hydrogen-bond acceptors (Lipinski definition) is 8. The van der Waals surface area contributed by atoms with Gasteiger partial charge in [-0.25, -0.2) is 4.98 Å². The molecule has 0 fully saturated rings. The highest BCUT2D eigenvalue weighted by molar-refractivity contribution is 7.14. The van der Waals surface area contributed by atoms with Gasteiger partial charge in [0.2, 0.25) is 0 Å². The van der Waals surface area contributed by atoms with Crippen molar-refractivity contribution in [2.75, 3.05) is 12.4 Å². The fraction of sp³-hybridized carbons (Fsp3) is 0.136. The Hall–Kier alpha value is -3.85. The SMILES string of the molecule is COc1cnc(Oc2cc(C)c(-c3csc(NC(=O)c4cccnc4)n3)c(C)c2)nc1. The minimum Gasteiger partial charge on any atom is -0.494 e. The number of nitrogens with zero attached hydrogens (tertiary/aromatic N) is 4. The Kier molecular flexibility index (Phi) is 5.85. The highest BCUT2D eigenvalue weighted by Crippen LogP contribution is 2.34. The van der Waals surface area contributed by atoms with Crippen LogP contribution in [0.3, 0.4) is 0 Å². The van der Waals surface area contributed by atoms with Gasteiger partial charge in [0.1, 0.15) is 5.75 Å². The van der Waals surface area contributed by atoms with Crippen molar-refractivity contribution in [3.8, 4) is 28.8 Å². The number of rotatable bonds is 6. The number of pyridine rings is 1. The summed E-state index contributed by atoms with van der Waals surface area (Å²) in [6.45, 7) is 3.97. The van der Waals surface area contributed by atoms with Gasteiger partial charge in [-0.3, -0.25) is 15.1 Å². The molecule has 8 nitrogen and oxygen atoms in total. The molecule has 3 heterocycles. The number of thiazole rings is 1. The van der Waals surface area contributed by atoms with Crippen LogP contribution in [0.4, 0.5) is 5.13 Å². The van der Waals surface area contributed by atoms with E-state index in [0.29, 0.717) is 22.2 Å². The van der Waals surface area contributed by atoms with E-state index in [4.69, 9.17) is 9.47 Å². The molecule has 156 valence electrons. The van der Waals surface area contributed by atoms with Gasteiger partial charge in [0, 0.05) is 23.3 Å². The predicted octanol–water partition coefficient (Wildman–Crippen LogP) is 4.67. The molecule has 3 aromatic heterocycles.